The minimum absolute atomic E-state index is 0.407. The molecule has 0 atom stereocenters. The van der Waals surface area contributed by atoms with Crippen molar-refractivity contribution in [1.82, 2.24) is 24.7 Å². The van der Waals surface area contributed by atoms with Crippen LogP contribution in [0, 0.1) is 0 Å². The smallest absolute Gasteiger partial charge is 0.231 e. The Morgan fingerprint density at radius 3 is 2.77 bits per heavy atom. The Morgan fingerprint density at radius 2 is 2.03 bits per heavy atom. The Labute approximate surface area is 185 Å². The number of halogens is 1. The maximum Gasteiger partial charge on any atom is 0.231 e. The van der Waals surface area contributed by atoms with Crippen LogP contribution in [0.15, 0.2) is 36.7 Å². The summed E-state index contributed by atoms with van der Waals surface area (Å²) in [4.78, 5) is 12.5. The molecule has 5 rings (SSSR count). The van der Waals surface area contributed by atoms with Gasteiger partial charge < -0.3 is 20.4 Å². The van der Waals surface area contributed by atoms with Crippen LogP contribution in [0.5, 0.6) is 5.75 Å². The van der Waals surface area contributed by atoms with E-state index in [1.807, 2.05) is 36.0 Å². The van der Waals surface area contributed by atoms with Crippen molar-refractivity contribution < 1.29 is 4.74 Å². The Hall–Kier alpha value is -3.26. The van der Waals surface area contributed by atoms with Crippen LogP contribution < -0.4 is 15.4 Å². The number of H-pyrrole nitrogens is 1. The first-order valence-electron chi connectivity index (χ1n) is 10.4. The number of methoxy groups -OCH3 is 1. The molecule has 0 bridgehead atoms. The molecule has 31 heavy (non-hydrogen) atoms. The number of aromatic nitrogens is 5. The van der Waals surface area contributed by atoms with Crippen LogP contribution in [-0.2, 0) is 7.05 Å². The van der Waals surface area contributed by atoms with Crippen LogP contribution in [-0.4, -0.2) is 37.9 Å². The summed E-state index contributed by atoms with van der Waals surface area (Å²) in [7, 11) is 3.56. The van der Waals surface area contributed by atoms with Crippen molar-refractivity contribution in [2.45, 2.75) is 31.7 Å². The van der Waals surface area contributed by atoms with Gasteiger partial charge in [0.15, 0.2) is 0 Å². The molecule has 0 spiro atoms. The summed E-state index contributed by atoms with van der Waals surface area (Å²) in [5.41, 5.74) is 3.48. The molecule has 8 nitrogen and oxygen atoms in total. The Kier molecular flexibility index (Phi) is 5.15. The van der Waals surface area contributed by atoms with Crippen LogP contribution >= 0.6 is 11.6 Å². The molecule has 3 heterocycles. The molecule has 3 aromatic heterocycles. The number of hydrogen-bond acceptors (Lipinski definition) is 6. The van der Waals surface area contributed by atoms with E-state index in [0.29, 0.717) is 28.4 Å². The average Bonchev–Trinajstić information content (AvgIpc) is 3.51. The zero-order chi connectivity index (χ0) is 21.4. The molecule has 0 amide bonds. The van der Waals surface area contributed by atoms with Crippen molar-refractivity contribution >= 4 is 40.1 Å². The molecule has 1 aliphatic rings. The van der Waals surface area contributed by atoms with Crippen molar-refractivity contribution in [2.24, 2.45) is 7.05 Å². The summed E-state index contributed by atoms with van der Waals surface area (Å²) in [5, 5.41) is 12.5. The molecule has 1 aliphatic carbocycles. The molecule has 1 fully saturated rings. The van der Waals surface area contributed by atoms with E-state index < -0.39 is 0 Å². The lowest BCUT2D eigenvalue weighted by Gasteiger charge is -2.16. The van der Waals surface area contributed by atoms with Crippen LogP contribution in [0.2, 0.25) is 5.02 Å². The minimum atomic E-state index is 0.407. The highest BCUT2D eigenvalue weighted by Crippen LogP contribution is 2.35. The van der Waals surface area contributed by atoms with Gasteiger partial charge in [0.2, 0.25) is 5.95 Å². The van der Waals surface area contributed by atoms with Crippen molar-refractivity contribution in [3.05, 3.63) is 41.7 Å². The molecule has 9 heteroatoms. The van der Waals surface area contributed by atoms with Crippen LogP contribution in [0.1, 0.15) is 25.7 Å². The van der Waals surface area contributed by atoms with Gasteiger partial charge in [-0.15, -0.1) is 0 Å². The van der Waals surface area contributed by atoms with E-state index in [-0.39, 0.29) is 0 Å². The number of aromatic amines is 1. The fourth-order valence-corrected chi connectivity index (χ4v) is 4.38. The molecule has 0 aliphatic heterocycles. The first-order chi connectivity index (χ1) is 15.1. The SMILES string of the molecule is COc1cc(-c2ccnn2C)ccc1Nc1nc(NC2CCCC2)c2c(Cl)c[nH]c2n1. The van der Waals surface area contributed by atoms with Gasteiger partial charge in [-0.2, -0.15) is 15.1 Å². The second-order valence-corrected chi connectivity index (χ2v) is 8.17. The van der Waals surface area contributed by atoms with Crippen molar-refractivity contribution in [3.63, 3.8) is 0 Å². The number of rotatable bonds is 6. The highest BCUT2D eigenvalue weighted by molar-refractivity contribution is 6.36. The summed E-state index contributed by atoms with van der Waals surface area (Å²) in [6.07, 6.45) is 8.26. The van der Waals surface area contributed by atoms with Crippen LogP contribution in [0.25, 0.3) is 22.3 Å². The number of hydrogen-bond donors (Lipinski definition) is 3. The maximum absolute atomic E-state index is 6.40. The first-order valence-corrected chi connectivity index (χ1v) is 10.7. The zero-order valence-corrected chi connectivity index (χ0v) is 18.2. The fraction of sp³-hybridized carbons (Fsp3) is 0.318. The van der Waals surface area contributed by atoms with Crippen molar-refractivity contribution in [3.8, 4) is 17.0 Å². The molecule has 3 N–H and O–H groups in total. The molecule has 0 unspecified atom stereocenters. The quantitative estimate of drug-likeness (QED) is 0.387. The van der Waals surface area contributed by atoms with Crippen molar-refractivity contribution in [1.29, 1.82) is 0 Å². The number of aryl methyl sites for hydroxylation is 1. The molecule has 160 valence electrons. The highest BCUT2D eigenvalue weighted by atomic mass is 35.5. The largest absolute Gasteiger partial charge is 0.495 e. The van der Waals surface area contributed by atoms with E-state index in [1.54, 1.807) is 19.5 Å². The van der Waals surface area contributed by atoms with Gasteiger partial charge in [0.25, 0.3) is 0 Å². The minimum Gasteiger partial charge on any atom is -0.495 e. The Morgan fingerprint density at radius 1 is 1.19 bits per heavy atom. The summed E-state index contributed by atoms with van der Waals surface area (Å²) >= 11 is 6.40. The topological polar surface area (TPSA) is 92.7 Å². The standard InChI is InChI=1S/C22H24ClN7O/c1-30-17(9-10-25-30)13-7-8-16(18(11-13)31-2)27-22-28-20-19(15(23)12-24-20)21(29-22)26-14-5-3-4-6-14/h7-12,14H,3-6H2,1-2H3,(H3,24,26,27,28,29). The van der Waals surface area contributed by atoms with E-state index in [1.165, 1.54) is 12.8 Å². The fourth-order valence-electron chi connectivity index (χ4n) is 4.15. The maximum atomic E-state index is 6.40. The predicted molar refractivity (Wildman–Crippen MR) is 123 cm³/mol. The lowest BCUT2D eigenvalue weighted by atomic mass is 10.1. The van der Waals surface area contributed by atoms with Gasteiger partial charge in [0, 0.05) is 31.0 Å². The molecule has 1 saturated carbocycles. The second-order valence-electron chi connectivity index (χ2n) is 7.76. The first kappa shape index (κ1) is 19.7. The van der Waals surface area contributed by atoms with Crippen LogP contribution in [0.4, 0.5) is 17.5 Å². The number of ether oxygens (including phenoxy) is 1. The number of nitrogens with one attached hydrogen (secondary N) is 3. The molecule has 0 radical (unpaired) electrons. The number of fused-ring (bicyclic) bond motifs is 1. The van der Waals surface area contributed by atoms with Gasteiger partial charge in [-0.05, 0) is 31.0 Å². The third kappa shape index (κ3) is 3.79. The van der Waals surface area contributed by atoms with E-state index in [4.69, 9.17) is 21.3 Å². The monoisotopic (exact) mass is 437 g/mol. The second kappa shape index (κ2) is 8.11. The van der Waals surface area contributed by atoms with E-state index >= 15 is 0 Å². The predicted octanol–water partition coefficient (Wildman–Crippen LogP) is 5.12. The molecule has 0 saturated heterocycles. The number of benzene rings is 1. The Balaban J connectivity index is 1.49. The molecular weight excluding hydrogens is 414 g/mol. The van der Waals surface area contributed by atoms with Gasteiger partial charge in [-0.1, -0.05) is 30.5 Å². The van der Waals surface area contributed by atoms with Gasteiger partial charge in [0.1, 0.15) is 17.2 Å². The molecular formula is C22H24ClN7O. The summed E-state index contributed by atoms with van der Waals surface area (Å²) in [6, 6.07) is 8.32. The van der Waals surface area contributed by atoms with Crippen molar-refractivity contribution in [2.75, 3.05) is 17.7 Å². The average molecular weight is 438 g/mol. The summed E-state index contributed by atoms with van der Waals surface area (Å²) < 4.78 is 7.46. The normalized spacial score (nSPS) is 14.3. The molecule has 4 aromatic rings. The zero-order valence-electron chi connectivity index (χ0n) is 17.4. The van der Waals surface area contributed by atoms with Gasteiger partial charge in [0.05, 0.1) is 28.9 Å². The van der Waals surface area contributed by atoms with Crippen LogP contribution in [0.3, 0.4) is 0 Å². The number of nitrogens with zero attached hydrogens (tertiary/aromatic N) is 4. The third-order valence-electron chi connectivity index (χ3n) is 5.74. The summed E-state index contributed by atoms with van der Waals surface area (Å²) in [5.74, 6) is 1.91. The van der Waals surface area contributed by atoms with E-state index in [2.05, 4.69) is 25.7 Å². The Bertz CT molecular complexity index is 1230. The lowest BCUT2D eigenvalue weighted by molar-refractivity contribution is 0.417. The molecule has 1 aromatic carbocycles. The highest BCUT2D eigenvalue weighted by Gasteiger charge is 2.20. The van der Waals surface area contributed by atoms with Gasteiger partial charge in [-0.25, -0.2) is 0 Å². The lowest BCUT2D eigenvalue weighted by Crippen LogP contribution is -2.16. The van der Waals surface area contributed by atoms with E-state index in [0.717, 1.165) is 41.0 Å². The third-order valence-corrected chi connectivity index (χ3v) is 6.04. The van der Waals surface area contributed by atoms with Gasteiger partial charge >= 0.3 is 0 Å². The van der Waals surface area contributed by atoms with Gasteiger partial charge in [-0.3, -0.25) is 4.68 Å². The summed E-state index contributed by atoms with van der Waals surface area (Å²) in [6.45, 7) is 0. The van der Waals surface area contributed by atoms with E-state index in [9.17, 15) is 0 Å². The number of anilines is 3.